The number of ketones is 1. The lowest BCUT2D eigenvalue weighted by Gasteiger charge is -2.42. The minimum atomic E-state index is -0.106. The van der Waals surface area contributed by atoms with Crippen LogP contribution in [-0.4, -0.2) is 17.5 Å². The summed E-state index contributed by atoms with van der Waals surface area (Å²) >= 11 is 0. The Bertz CT molecular complexity index is 350. The molecule has 0 N–H and O–H groups in total. The molecule has 2 nitrogen and oxygen atoms in total. The van der Waals surface area contributed by atoms with Gasteiger partial charge in [0.05, 0.1) is 11.7 Å². The molecule has 2 saturated carbocycles. The number of hydrogen-bond donors (Lipinski definition) is 0. The van der Waals surface area contributed by atoms with Crippen molar-refractivity contribution in [3.05, 3.63) is 12.2 Å². The van der Waals surface area contributed by atoms with Crippen LogP contribution in [0.25, 0.3) is 0 Å². The first kappa shape index (κ1) is 12.8. The van der Waals surface area contributed by atoms with Gasteiger partial charge in [-0.25, -0.2) is 0 Å². The third kappa shape index (κ3) is 2.20. The second-order valence-electron chi connectivity index (χ2n) is 6.80. The highest BCUT2D eigenvalue weighted by atomic mass is 16.5. The molecule has 0 amide bonds. The smallest absolute Gasteiger partial charge is 0.158 e. The van der Waals surface area contributed by atoms with E-state index in [1.165, 1.54) is 0 Å². The summed E-state index contributed by atoms with van der Waals surface area (Å²) in [6.45, 7) is 12.6. The first-order valence-corrected chi connectivity index (χ1v) is 6.64. The zero-order valence-corrected chi connectivity index (χ0v) is 11.5. The maximum atomic E-state index is 11.7. The average molecular weight is 236 g/mol. The molecule has 0 radical (unpaired) electrons. The Hall–Kier alpha value is -0.630. The molecule has 2 aliphatic carbocycles. The Balaban J connectivity index is 2.20. The molecule has 2 rings (SSSR count). The number of ether oxygens (including phenoxy) is 1. The summed E-state index contributed by atoms with van der Waals surface area (Å²) in [4.78, 5) is 11.7. The highest BCUT2D eigenvalue weighted by Gasteiger charge is 2.52. The maximum Gasteiger partial charge on any atom is 0.158 e. The third-order valence-corrected chi connectivity index (χ3v) is 4.41. The zero-order valence-electron chi connectivity index (χ0n) is 11.5. The first-order chi connectivity index (χ1) is 7.74. The molecule has 17 heavy (non-hydrogen) atoms. The van der Waals surface area contributed by atoms with Gasteiger partial charge in [0, 0.05) is 11.8 Å². The molecule has 0 heterocycles. The minimum absolute atomic E-state index is 0.106. The molecule has 0 aromatic rings. The number of carbonyl (C=O) groups is 1. The number of fused-ring (bicyclic) bond motifs is 1. The molecule has 96 valence electrons. The molecule has 0 saturated heterocycles. The highest BCUT2D eigenvalue weighted by Crippen LogP contribution is 2.54. The summed E-state index contributed by atoms with van der Waals surface area (Å²) in [5.41, 5.74) is 0.864. The Morgan fingerprint density at radius 3 is 2.59 bits per heavy atom. The summed E-state index contributed by atoms with van der Waals surface area (Å²) in [6.07, 6.45) is 4.00. The highest BCUT2D eigenvalue weighted by molar-refractivity contribution is 5.96. The van der Waals surface area contributed by atoms with Gasteiger partial charge in [0.15, 0.2) is 5.78 Å². The van der Waals surface area contributed by atoms with Crippen molar-refractivity contribution in [3.8, 4) is 0 Å². The van der Waals surface area contributed by atoms with Gasteiger partial charge in [-0.3, -0.25) is 4.79 Å². The number of allylic oxidation sites excluding steroid dienone is 1. The lowest BCUT2D eigenvalue weighted by Crippen LogP contribution is -2.43. The van der Waals surface area contributed by atoms with E-state index in [0.29, 0.717) is 12.3 Å². The van der Waals surface area contributed by atoms with Crippen LogP contribution in [0.15, 0.2) is 12.2 Å². The fourth-order valence-corrected chi connectivity index (χ4v) is 3.47. The summed E-state index contributed by atoms with van der Waals surface area (Å²) < 4.78 is 6.20. The van der Waals surface area contributed by atoms with E-state index in [0.717, 1.165) is 24.8 Å². The van der Waals surface area contributed by atoms with Crippen LogP contribution in [0.4, 0.5) is 0 Å². The van der Waals surface area contributed by atoms with Gasteiger partial charge in [-0.2, -0.15) is 0 Å². The van der Waals surface area contributed by atoms with E-state index < -0.39 is 0 Å². The van der Waals surface area contributed by atoms with Gasteiger partial charge in [0.2, 0.25) is 0 Å². The summed E-state index contributed by atoms with van der Waals surface area (Å²) in [6, 6.07) is 0. The lowest BCUT2D eigenvalue weighted by atomic mass is 9.66. The molecule has 2 fully saturated rings. The van der Waals surface area contributed by atoms with E-state index in [-0.39, 0.29) is 22.9 Å². The standard InChI is InChI=1S/C15H24O2/c1-10-11-6-7-13(17-14(2,3)4)15(11,5)9-8-12(10)16/h11,13H,1,6-9H2,2-5H3/t11-,13-,15-/m0/s1. The Kier molecular flexibility index (Phi) is 2.97. The number of rotatable bonds is 1. The van der Waals surface area contributed by atoms with E-state index in [4.69, 9.17) is 4.74 Å². The Labute approximate surface area is 104 Å². The summed E-state index contributed by atoms with van der Waals surface area (Å²) in [5.74, 6) is 0.611. The van der Waals surface area contributed by atoms with Crippen molar-refractivity contribution in [2.75, 3.05) is 0 Å². The van der Waals surface area contributed by atoms with E-state index in [9.17, 15) is 4.79 Å². The third-order valence-electron chi connectivity index (χ3n) is 4.41. The molecule has 2 aliphatic rings. The van der Waals surface area contributed by atoms with Gasteiger partial charge < -0.3 is 4.74 Å². The zero-order chi connectivity index (χ0) is 12.8. The van der Waals surface area contributed by atoms with Gasteiger partial charge >= 0.3 is 0 Å². The average Bonchev–Trinajstić information content (AvgIpc) is 2.50. The molecule has 0 aromatic heterocycles. The van der Waals surface area contributed by atoms with Crippen molar-refractivity contribution in [1.29, 1.82) is 0 Å². The number of hydrogen-bond acceptors (Lipinski definition) is 2. The van der Waals surface area contributed by atoms with E-state index >= 15 is 0 Å². The lowest BCUT2D eigenvalue weighted by molar-refractivity contribution is -0.128. The van der Waals surface area contributed by atoms with E-state index in [1.54, 1.807) is 0 Å². The first-order valence-electron chi connectivity index (χ1n) is 6.64. The van der Waals surface area contributed by atoms with Crippen LogP contribution in [0, 0.1) is 11.3 Å². The second kappa shape index (κ2) is 3.94. The van der Waals surface area contributed by atoms with Crippen LogP contribution in [0.2, 0.25) is 0 Å². The number of Topliss-reactive ketones (excluding diaryl/α,β-unsaturated/α-hetero) is 1. The van der Waals surface area contributed by atoms with Gasteiger partial charge in [-0.1, -0.05) is 13.5 Å². The predicted molar refractivity (Wildman–Crippen MR) is 68.8 cm³/mol. The Morgan fingerprint density at radius 1 is 1.35 bits per heavy atom. The van der Waals surface area contributed by atoms with Crippen LogP contribution in [-0.2, 0) is 9.53 Å². The molecule has 0 bridgehead atoms. The topological polar surface area (TPSA) is 26.3 Å². The van der Waals surface area contributed by atoms with Gasteiger partial charge in [0.25, 0.3) is 0 Å². The van der Waals surface area contributed by atoms with Crippen LogP contribution in [0.5, 0.6) is 0 Å². The predicted octanol–water partition coefficient (Wildman–Crippen LogP) is 3.51. The molecule has 3 atom stereocenters. The van der Waals surface area contributed by atoms with Crippen LogP contribution in [0.1, 0.15) is 53.4 Å². The fourth-order valence-electron chi connectivity index (χ4n) is 3.47. The molecular formula is C15H24O2. The largest absolute Gasteiger partial charge is 0.372 e. The molecule has 0 spiro atoms. The summed E-state index contributed by atoms with van der Waals surface area (Å²) in [7, 11) is 0. The second-order valence-corrected chi connectivity index (χ2v) is 6.80. The van der Waals surface area contributed by atoms with Crippen molar-refractivity contribution < 1.29 is 9.53 Å². The Morgan fingerprint density at radius 2 is 2.00 bits per heavy atom. The fraction of sp³-hybridized carbons (Fsp3) is 0.800. The van der Waals surface area contributed by atoms with Crippen LogP contribution in [0.3, 0.4) is 0 Å². The van der Waals surface area contributed by atoms with Gasteiger partial charge in [-0.05, 0) is 51.5 Å². The monoisotopic (exact) mass is 236 g/mol. The minimum Gasteiger partial charge on any atom is -0.372 e. The molecule has 0 unspecified atom stereocenters. The van der Waals surface area contributed by atoms with Crippen LogP contribution >= 0.6 is 0 Å². The normalized spacial score (nSPS) is 38.4. The van der Waals surface area contributed by atoms with Crippen molar-refractivity contribution in [1.82, 2.24) is 0 Å². The van der Waals surface area contributed by atoms with Crippen LogP contribution < -0.4 is 0 Å². The van der Waals surface area contributed by atoms with Crippen molar-refractivity contribution in [3.63, 3.8) is 0 Å². The van der Waals surface area contributed by atoms with Gasteiger partial charge in [-0.15, -0.1) is 0 Å². The van der Waals surface area contributed by atoms with E-state index in [1.807, 2.05) is 0 Å². The summed E-state index contributed by atoms with van der Waals surface area (Å²) in [5, 5.41) is 0. The number of carbonyl (C=O) groups excluding carboxylic acids is 1. The van der Waals surface area contributed by atoms with Gasteiger partial charge in [0.1, 0.15) is 0 Å². The van der Waals surface area contributed by atoms with E-state index in [2.05, 4.69) is 34.3 Å². The van der Waals surface area contributed by atoms with Crippen molar-refractivity contribution in [2.24, 2.45) is 11.3 Å². The maximum absolute atomic E-state index is 11.7. The molecular weight excluding hydrogens is 212 g/mol. The quantitative estimate of drug-likeness (QED) is 0.651. The molecule has 0 aromatic carbocycles. The van der Waals surface area contributed by atoms with Crippen molar-refractivity contribution >= 4 is 5.78 Å². The van der Waals surface area contributed by atoms with Crippen molar-refractivity contribution in [2.45, 2.75) is 65.1 Å². The molecule has 2 heteroatoms. The SMILES string of the molecule is C=C1C(=O)CC[C@]2(C)[C@@H](OC(C)(C)C)CC[C@@H]12. The molecule has 0 aliphatic heterocycles.